The van der Waals surface area contributed by atoms with E-state index in [1.807, 2.05) is 0 Å². The van der Waals surface area contributed by atoms with Crippen molar-refractivity contribution >= 4 is 0 Å². The minimum Gasteiger partial charge on any atom is -0.382 e. The maximum Gasteiger partial charge on any atom is 0.0915 e. The minimum absolute atomic E-state index is 0.0215. The van der Waals surface area contributed by atoms with E-state index in [0.717, 1.165) is 32.4 Å². The molecule has 1 fully saturated rings. The van der Waals surface area contributed by atoms with Gasteiger partial charge in [-0.2, -0.15) is 0 Å². The molecular formula is C10H21NO2. The lowest BCUT2D eigenvalue weighted by molar-refractivity contribution is -0.120. The number of methoxy groups -OCH3 is 1. The second kappa shape index (κ2) is 5.58. The van der Waals surface area contributed by atoms with Crippen molar-refractivity contribution in [2.45, 2.75) is 37.7 Å². The monoisotopic (exact) mass is 187 g/mol. The van der Waals surface area contributed by atoms with Crippen molar-refractivity contribution in [3.05, 3.63) is 0 Å². The Kier molecular flexibility index (Phi) is 4.70. The largest absolute Gasteiger partial charge is 0.382 e. The van der Waals surface area contributed by atoms with Gasteiger partial charge in [0.1, 0.15) is 0 Å². The first kappa shape index (κ1) is 11.0. The molecule has 0 radical (unpaired) electrons. The average molecular weight is 187 g/mol. The van der Waals surface area contributed by atoms with E-state index < -0.39 is 0 Å². The fourth-order valence-corrected chi connectivity index (χ4v) is 1.98. The van der Waals surface area contributed by atoms with Crippen LogP contribution in [0.5, 0.6) is 0 Å². The fraction of sp³-hybridized carbons (Fsp3) is 1.00. The standard InChI is InChI=1S/C10H21NO2/c1-12-9-10(6-4-7-11)5-2-3-8-13-10/h2-9,11H2,1H3. The van der Waals surface area contributed by atoms with E-state index in [1.54, 1.807) is 7.11 Å². The van der Waals surface area contributed by atoms with Crippen molar-refractivity contribution in [1.29, 1.82) is 0 Å². The summed E-state index contributed by atoms with van der Waals surface area (Å²) < 4.78 is 11.0. The molecule has 78 valence electrons. The minimum atomic E-state index is -0.0215. The topological polar surface area (TPSA) is 44.5 Å². The summed E-state index contributed by atoms with van der Waals surface area (Å²) in [6, 6.07) is 0. The lowest BCUT2D eigenvalue weighted by Crippen LogP contribution is -2.41. The number of nitrogens with two attached hydrogens (primary N) is 1. The molecular weight excluding hydrogens is 166 g/mol. The molecule has 3 nitrogen and oxygen atoms in total. The molecule has 1 aliphatic rings. The Morgan fingerprint density at radius 3 is 2.85 bits per heavy atom. The fourth-order valence-electron chi connectivity index (χ4n) is 1.98. The molecule has 0 aromatic rings. The summed E-state index contributed by atoms with van der Waals surface area (Å²) in [5, 5.41) is 0. The molecule has 1 atom stereocenters. The van der Waals surface area contributed by atoms with Crippen LogP contribution in [0.4, 0.5) is 0 Å². The third-order valence-electron chi connectivity index (χ3n) is 2.68. The van der Waals surface area contributed by atoms with Crippen LogP contribution in [0.2, 0.25) is 0 Å². The molecule has 0 saturated carbocycles. The Hall–Kier alpha value is -0.120. The Balaban J connectivity index is 2.40. The van der Waals surface area contributed by atoms with Crippen LogP contribution in [-0.4, -0.2) is 32.5 Å². The van der Waals surface area contributed by atoms with Gasteiger partial charge < -0.3 is 15.2 Å². The highest BCUT2D eigenvalue weighted by Gasteiger charge is 2.32. The number of hydrogen-bond donors (Lipinski definition) is 1. The van der Waals surface area contributed by atoms with Crippen molar-refractivity contribution in [2.24, 2.45) is 5.73 Å². The van der Waals surface area contributed by atoms with Crippen LogP contribution in [0.15, 0.2) is 0 Å². The summed E-state index contributed by atoms with van der Waals surface area (Å²) in [6.07, 6.45) is 5.64. The first-order valence-electron chi connectivity index (χ1n) is 5.16. The summed E-state index contributed by atoms with van der Waals surface area (Å²) >= 11 is 0. The highest BCUT2D eigenvalue weighted by Crippen LogP contribution is 2.29. The molecule has 2 N–H and O–H groups in total. The zero-order valence-corrected chi connectivity index (χ0v) is 8.55. The first-order valence-corrected chi connectivity index (χ1v) is 5.16. The lowest BCUT2D eigenvalue weighted by Gasteiger charge is -2.36. The predicted octanol–water partition coefficient (Wildman–Crippen LogP) is 1.31. The van der Waals surface area contributed by atoms with Crippen LogP contribution >= 0.6 is 0 Å². The summed E-state index contributed by atoms with van der Waals surface area (Å²) in [6.45, 7) is 2.34. The van der Waals surface area contributed by atoms with E-state index in [2.05, 4.69) is 0 Å². The third kappa shape index (κ3) is 3.25. The van der Waals surface area contributed by atoms with Gasteiger partial charge in [-0.05, 0) is 38.6 Å². The predicted molar refractivity (Wildman–Crippen MR) is 52.7 cm³/mol. The van der Waals surface area contributed by atoms with Gasteiger partial charge in [-0.25, -0.2) is 0 Å². The summed E-state index contributed by atoms with van der Waals surface area (Å²) in [5.41, 5.74) is 5.48. The molecule has 1 rings (SSSR count). The molecule has 0 amide bonds. The Labute approximate surface area is 80.6 Å². The molecule has 0 spiro atoms. The van der Waals surface area contributed by atoms with Gasteiger partial charge in [0.25, 0.3) is 0 Å². The molecule has 0 aromatic heterocycles. The highest BCUT2D eigenvalue weighted by molar-refractivity contribution is 4.83. The maximum atomic E-state index is 5.83. The van der Waals surface area contributed by atoms with E-state index >= 15 is 0 Å². The lowest BCUT2D eigenvalue weighted by atomic mass is 9.90. The molecule has 3 heteroatoms. The van der Waals surface area contributed by atoms with Gasteiger partial charge in [0.2, 0.25) is 0 Å². The van der Waals surface area contributed by atoms with Crippen LogP contribution in [0.1, 0.15) is 32.1 Å². The average Bonchev–Trinajstić information content (AvgIpc) is 2.17. The SMILES string of the molecule is COCC1(CCCN)CCCCO1. The Morgan fingerprint density at radius 2 is 2.31 bits per heavy atom. The number of ether oxygens (including phenoxy) is 2. The van der Waals surface area contributed by atoms with E-state index in [4.69, 9.17) is 15.2 Å². The molecule has 0 bridgehead atoms. The van der Waals surface area contributed by atoms with Crippen LogP contribution in [0.3, 0.4) is 0 Å². The second-order valence-corrected chi connectivity index (χ2v) is 3.81. The van der Waals surface area contributed by atoms with Gasteiger partial charge in [0.05, 0.1) is 12.2 Å². The quantitative estimate of drug-likeness (QED) is 0.705. The van der Waals surface area contributed by atoms with Crippen LogP contribution in [0.25, 0.3) is 0 Å². The van der Waals surface area contributed by atoms with E-state index in [1.165, 1.54) is 12.8 Å². The summed E-state index contributed by atoms with van der Waals surface area (Å²) in [4.78, 5) is 0. The van der Waals surface area contributed by atoms with Gasteiger partial charge in [-0.15, -0.1) is 0 Å². The van der Waals surface area contributed by atoms with Crippen molar-refractivity contribution in [2.75, 3.05) is 26.9 Å². The van der Waals surface area contributed by atoms with Crippen molar-refractivity contribution in [3.8, 4) is 0 Å². The molecule has 1 aliphatic heterocycles. The zero-order chi connectivity index (χ0) is 9.57. The second-order valence-electron chi connectivity index (χ2n) is 3.81. The molecule has 13 heavy (non-hydrogen) atoms. The van der Waals surface area contributed by atoms with Crippen LogP contribution in [-0.2, 0) is 9.47 Å². The van der Waals surface area contributed by atoms with Crippen LogP contribution < -0.4 is 5.73 Å². The normalized spacial score (nSPS) is 29.1. The third-order valence-corrected chi connectivity index (χ3v) is 2.68. The molecule has 1 heterocycles. The summed E-state index contributed by atoms with van der Waals surface area (Å²) in [7, 11) is 1.74. The van der Waals surface area contributed by atoms with Gasteiger partial charge in [-0.3, -0.25) is 0 Å². The van der Waals surface area contributed by atoms with E-state index in [9.17, 15) is 0 Å². The molecule has 1 unspecified atom stereocenters. The molecule has 1 saturated heterocycles. The summed E-state index contributed by atoms with van der Waals surface area (Å²) in [5.74, 6) is 0. The highest BCUT2D eigenvalue weighted by atomic mass is 16.5. The molecule has 0 aromatic carbocycles. The first-order chi connectivity index (χ1) is 6.33. The van der Waals surface area contributed by atoms with Crippen molar-refractivity contribution in [3.63, 3.8) is 0 Å². The molecule has 0 aliphatic carbocycles. The maximum absolute atomic E-state index is 5.83. The van der Waals surface area contributed by atoms with Crippen molar-refractivity contribution < 1.29 is 9.47 Å². The smallest absolute Gasteiger partial charge is 0.0915 e. The van der Waals surface area contributed by atoms with Gasteiger partial charge >= 0.3 is 0 Å². The van der Waals surface area contributed by atoms with E-state index in [0.29, 0.717) is 6.61 Å². The number of hydrogen-bond acceptors (Lipinski definition) is 3. The van der Waals surface area contributed by atoms with Gasteiger partial charge in [-0.1, -0.05) is 0 Å². The van der Waals surface area contributed by atoms with Gasteiger partial charge in [0.15, 0.2) is 0 Å². The van der Waals surface area contributed by atoms with Gasteiger partial charge in [0, 0.05) is 13.7 Å². The van der Waals surface area contributed by atoms with Crippen LogP contribution in [0, 0.1) is 0 Å². The van der Waals surface area contributed by atoms with Crippen molar-refractivity contribution in [1.82, 2.24) is 0 Å². The Bertz CT molecular complexity index is 127. The van der Waals surface area contributed by atoms with E-state index in [-0.39, 0.29) is 5.60 Å². The zero-order valence-electron chi connectivity index (χ0n) is 8.55. The Morgan fingerprint density at radius 1 is 1.46 bits per heavy atom. The number of rotatable bonds is 5.